The minimum absolute atomic E-state index is 0.0368. The van der Waals surface area contributed by atoms with Crippen molar-refractivity contribution < 1.29 is 9.59 Å². The summed E-state index contributed by atoms with van der Waals surface area (Å²) in [5.74, 6) is -0.0368. The second kappa shape index (κ2) is 5.86. The fraction of sp³-hybridized carbons (Fsp3) is 0.818. The number of hydrogen-bond donors (Lipinski definition) is 3. The molecule has 0 unspecified atom stereocenters. The molecular formula is C11H22N4O2. The van der Waals surface area contributed by atoms with Crippen molar-refractivity contribution in [1.82, 2.24) is 20.9 Å². The third kappa shape index (κ3) is 3.89. The van der Waals surface area contributed by atoms with Gasteiger partial charge in [0.25, 0.3) is 0 Å². The Morgan fingerprint density at radius 2 is 1.88 bits per heavy atom. The second-order valence-corrected chi connectivity index (χ2v) is 4.65. The molecule has 0 saturated carbocycles. The average molecular weight is 242 g/mol. The smallest absolute Gasteiger partial charge is 0.315 e. The number of urea groups is 1. The van der Waals surface area contributed by atoms with E-state index in [9.17, 15) is 9.59 Å². The van der Waals surface area contributed by atoms with Crippen LogP contribution in [0.1, 0.15) is 20.8 Å². The molecule has 0 aromatic heterocycles. The quantitative estimate of drug-likeness (QED) is 0.625. The van der Waals surface area contributed by atoms with E-state index in [4.69, 9.17) is 0 Å². The Balaban J connectivity index is 2.55. The highest BCUT2D eigenvalue weighted by Crippen LogP contribution is 2.08. The highest BCUT2D eigenvalue weighted by molar-refractivity contribution is 5.90. The fourth-order valence-electron chi connectivity index (χ4n) is 1.81. The lowest BCUT2D eigenvalue weighted by atomic mass is 10.0. The highest BCUT2D eigenvalue weighted by atomic mass is 16.2. The van der Waals surface area contributed by atoms with Crippen molar-refractivity contribution in [3.8, 4) is 0 Å². The molecule has 1 aliphatic rings. The van der Waals surface area contributed by atoms with Gasteiger partial charge in [-0.15, -0.1) is 0 Å². The highest BCUT2D eigenvalue weighted by Gasteiger charge is 2.33. The zero-order valence-corrected chi connectivity index (χ0v) is 10.8. The molecule has 3 amide bonds. The van der Waals surface area contributed by atoms with Crippen molar-refractivity contribution in [1.29, 1.82) is 0 Å². The number of hydrogen-bond acceptors (Lipinski definition) is 3. The van der Waals surface area contributed by atoms with Crippen LogP contribution in [0.15, 0.2) is 0 Å². The Hall–Kier alpha value is -1.30. The Morgan fingerprint density at radius 1 is 1.29 bits per heavy atom. The topological polar surface area (TPSA) is 73.5 Å². The van der Waals surface area contributed by atoms with Gasteiger partial charge in [0.05, 0.1) is 0 Å². The zero-order valence-electron chi connectivity index (χ0n) is 10.8. The lowest BCUT2D eigenvalue weighted by Crippen LogP contribution is -2.60. The van der Waals surface area contributed by atoms with Gasteiger partial charge in [0.2, 0.25) is 5.91 Å². The van der Waals surface area contributed by atoms with Crippen molar-refractivity contribution in [2.75, 3.05) is 32.7 Å². The first-order chi connectivity index (χ1) is 7.97. The van der Waals surface area contributed by atoms with Gasteiger partial charge >= 0.3 is 6.03 Å². The Morgan fingerprint density at radius 3 is 2.41 bits per heavy atom. The molecule has 0 aromatic rings. The predicted octanol–water partition coefficient (Wildman–Crippen LogP) is -0.484. The molecule has 6 heteroatoms. The van der Waals surface area contributed by atoms with E-state index in [1.165, 1.54) is 0 Å². The van der Waals surface area contributed by atoms with Crippen molar-refractivity contribution in [2.45, 2.75) is 26.3 Å². The molecule has 1 saturated heterocycles. The molecule has 0 bridgehead atoms. The number of nitrogens with one attached hydrogen (secondary N) is 3. The molecule has 98 valence electrons. The largest absolute Gasteiger partial charge is 0.338 e. The van der Waals surface area contributed by atoms with E-state index < -0.39 is 5.54 Å². The summed E-state index contributed by atoms with van der Waals surface area (Å²) in [6.07, 6.45) is 0. The average Bonchev–Trinajstić information content (AvgIpc) is 2.28. The summed E-state index contributed by atoms with van der Waals surface area (Å²) in [6, 6.07) is -0.305. The van der Waals surface area contributed by atoms with E-state index in [1.54, 1.807) is 18.7 Å². The van der Waals surface area contributed by atoms with Gasteiger partial charge < -0.3 is 20.9 Å². The van der Waals surface area contributed by atoms with Crippen LogP contribution in [0.2, 0.25) is 0 Å². The van der Waals surface area contributed by atoms with Crippen LogP contribution in [-0.4, -0.2) is 55.1 Å². The molecule has 0 aliphatic carbocycles. The van der Waals surface area contributed by atoms with Gasteiger partial charge in [-0.05, 0) is 20.8 Å². The first-order valence-electron chi connectivity index (χ1n) is 6.03. The molecule has 0 radical (unpaired) electrons. The molecule has 1 rings (SSSR count). The molecule has 1 aliphatic heterocycles. The van der Waals surface area contributed by atoms with Crippen molar-refractivity contribution in [3.05, 3.63) is 0 Å². The molecule has 1 heterocycles. The molecule has 0 aromatic carbocycles. The lowest BCUT2D eigenvalue weighted by Gasteiger charge is -2.35. The molecular weight excluding hydrogens is 220 g/mol. The normalized spacial score (nSPS) is 16.5. The summed E-state index contributed by atoms with van der Waals surface area (Å²) in [5, 5.41) is 8.51. The van der Waals surface area contributed by atoms with Crippen LogP contribution in [0.3, 0.4) is 0 Å². The van der Waals surface area contributed by atoms with Crippen LogP contribution in [0.4, 0.5) is 4.79 Å². The summed E-state index contributed by atoms with van der Waals surface area (Å²) in [6.45, 7) is 8.85. The van der Waals surface area contributed by atoms with E-state index in [1.807, 2.05) is 6.92 Å². The van der Waals surface area contributed by atoms with Crippen LogP contribution in [0.5, 0.6) is 0 Å². The number of carbonyl (C=O) groups is 2. The molecule has 0 spiro atoms. The maximum atomic E-state index is 12.2. The zero-order chi connectivity index (χ0) is 12.9. The van der Waals surface area contributed by atoms with E-state index in [2.05, 4.69) is 16.0 Å². The maximum Gasteiger partial charge on any atom is 0.315 e. The fourth-order valence-corrected chi connectivity index (χ4v) is 1.81. The van der Waals surface area contributed by atoms with Crippen molar-refractivity contribution in [3.63, 3.8) is 0 Å². The number of rotatable bonds is 3. The van der Waals surface area contributed by atoms with Crippen LogP contribution in [0, 0.1) is 0 Å². The third-order valence-electron chi connectivity index (χ3n) is 2.70. The minimum atomic E-state index is -0.864. The first kappa shape index (κ1) is 13.8. The second-order valence-electron chi connectivity index (χ2n) is 4.65. The van der Waals surface area contributed by atoms with E-state index in [-0.39, 0.29) is 11.9 Å². The third-order valence-corrected chi connectivity index (χ3v) is 2.70. The summed E-state index contributed by atoms with van der Waals surface area (Å²) in [5.41, 5.74) is -0.864. The van der Waals surface area contributed by atoms with Gasteiger partial charge in [-0.2, -0.15) is 0 Å². The molecule has 0 atom stereocenters. The SMILES string of the molecule is CCNC(=O)NC(C)(C)C(=O)N1CCNCC1. The number of carbonyl (C=O) groups excluding carboxylic acids is 2. The monoisotopic (exact) mass is 242 g/mol. The lowest BCUT2D eigenvalue weighted by molar-refractivity contribution is -0.137. The Bertz CT molecular complexity index is 285. The van der Waals surface area contributed by atoms with Gasteiger partial charge in [-0.1, -0.05) is 0 Å². The predicted molar refractivity (Wildman–Crippen MR) is 65.7 cm³/mol. The van der Waals surface area contributed by atoms with E-state index in [0.29, 0.717) is 19.6 Å². The minimum Gasteiger partial charge on any atom is -0.338 e. The van der Waals surface area contributed by atoms with Gasteiger partial charge in [-0.25, -0.2) is 4.79 Å². The van der Waals surface area contributed by atoms with Crippen molar-refractivity contribution >= 4 is 11.9 Å². The van der Waals surface area contributed by atoms with Gasteiger partial charge in [-0.3, -0.25) is 4.79 Å². The summed E-state index contributed by atoms with van der Waals surface area (Å²) < 4.78 is 0. The summed E-state index contributed by atoms with van der Waals surface area (Å²) in [4.78, 5) is 25.4. The van der Waals surface area contributed by atoms with Gasteiger partial charge in [0.15, 0.2) is 0 Å². The molecule has 6 nitrogen and oxygen atoms in total. The number of amides is 3. The van der Waals surface area contributed by atoms with Crippen LogP contribution in [-0.2, 0) is 4.79 Å². The van der Waals surface area contributed by atoms with Gasteiger partial charge in [0, 0.05) is 32.7 Å². The van der Waals surface area contributed by atoms with E-state index >= 15 is 0 Å². The van der Waals surface area contributed by atoms with Gasteiger partial charge in [0.1, 0.15) is 5.54 Å². The maximum absolute atomic E-state index is 12.2. The van der Waals surface area contributed by atoms with Crippen LogP contribution in [0.25, 0.3) is 0 Å². The molecule has 3 N–H and O–H groups in total. The number of nitrogens with zero attached hydrogens (tertiary/aromatic N) is 1. The molecule has 1 fully saturated rings. The van der Waals surface area contributed by atoms with E-state index in [0.717, 1.165) is 13.1 Å². The van der Waals surface area contributed by atoms with Crippen LogP contribution >= 0.6 is 0 Å². The summed E-state index contributed by atoms with van der Waals surface area (Å²) >= 11 is 0. The van der Waals surface area contributed by atoms with Crippen LogP contribution < -0.4 is 16.0 Å². The Kier molecular flexibility index (Phi) is 4.74. The first-order valence-corrected chi connectivity index (χ1v) is 6.03. The Labute approximate surface area is 102 Å². The number of piperazine rings is 1. The van der Waals surface area contributed by atoms with Crippen molar-refractivity contribution in [2.24, 2.45) is 0 Å². The summed E-state index contributed by atoms with van der Waals surface area (Å²) in [7, 11) is 0. The standard InChI is InChI=1S/C11H22N4O2/c1-4-13-10(17)14-11(2,3)9(16)15-7-5-12-6-8-15/h12H,4-8H2,1-3H3,(H2,13,14,17). The molecule has 17 heavy (non-hydrogen) atoms.